The van der Waals surface area contributed by atoms with Gasteiger partial charge in [-0.25, -0.2) is 14.6 Å². The highest BCUT2D eigenvalue weighted by Crippen LogP contribution is 2.35. The summed E-state index contributed by atoms with van der Waals surface area (Å²) in [5.41, 5.74) is 5.01. The Balaban J connectivity index is 1.38. The van der Waals surface area contributed by atoms with Crippen LogP contribution in [0.4, 0.5) is 20.6 Å². The van der Waals surface area contributed by atoms with Crippen LogP contribution in [0.5, 0.6) is 0 Å². The van der Waals surface area contributed by atoms with Crippen molar-refractivity contribution in [2.24, 2.45) is 0 Å². The highest BCUT2D eigenvalue weighted by Gasteiger charge is 2.26. The number of amides is 1. The Kier molecular flexibility index (Phi) is 6.25. The number of carbonyl (C=O) groups excluding carboxylic acids is 1. The SMILES string of the molecule is [C-]#[N+]c1cnn2cc(-c3ccc(N4CCN(C(=O)OC(C)(C)C)CC4)cc3)cc(-c3ccc(F)nc3)c12. The predicted molar refractivity (Wildman–Crippen MR) is 140 cm³/mol. The zero-order valence-corrected chi connectivity index (χ0v) is 21.0. The second-order valence-electron chi connectivity index (χ2n) is 9.95. The van der Waals surface area contributed by atoms with Crippen molar-refractivity contribution in [2.45, 2.75) is 26.4 Å². The Morgan fingerprint density at radius 1 is 1.00 bits per heavy atom. The molecular formula is C28H27FN6O2. The zero-order chi connectivity index (χ0) is 26.2. The molecule has 4 aromatic rings. The summed E-state index contributed by atoms with van der Waals surface area (Å²) in [6.07, 6.45) is 4.62. The van der Waals surface area contributed by atoms with Crippen LogP contribution in [0.3, 0.4) is 0 Å². The monoisotopic (exact) mass is 498 g/mol. The van der Waals surface area contributed by atoms with E-state index in [2.05, 4.69) is 32.0 Å². The van der Waals surface area contributed by atoms with Crippen LogP contribution >= 0.6 is 0 Å². The number of aromatic nitrogens is 3. The molecule has 0 saturated carbocycles. The van der Waals surface area contributed by atoms with Gasteiger partial charge in [0.1, 0.15) is 5.60 Å². The first-order valence-electron chi connectivity index (χ1n) is 12.1. The lowest BCUT2D eigenvalue weighted by Crippen LogP contribution is -2.50. The Labute approximate surface area is 214 Å². The number of pyridine rings is 2. The molecule has 4 heterocycles. The number of fused-ring (bicyclic) bond motifs is 1. The van der Waals surface area contributed by atoms with E-state index in [1.165, 1.54) is 18.5 Å². The second-order valence-corrected chi connectivity index (χ2v) is 9.95. The van der Waals surface area contributed by atoms with Crippen LogP contribution < -0.4 is 4.90 Å². The van der Waals surface area contributed by atoms with Crippen molar-refractivity contribution >= 4 is 23.0 Å². The fourth-order valence-corrected chi connectivity index (χ4v) is 4.44. The molecule has 9 heteroatoms. The summed E-state index contributed by atoms with van der Waals surface area (Å²) in [5.74, 6) is -0.558. The molecule has 0 spiro atoms. The topological polar surface area (TPSA) is 67.3 Å². The molecule has 3 aromatic heterocycles. The van der Waals surface area contributed by atoms with Gasteiger partial charge in [-0.3, -0.25) is 4.52 Å². The number of hydrogen-bond donors (Lipinski definition) is 0. The number of piperazine rings is 1. The van der Waals surface area contributed by atoms with Crippen LogP contribution in [0.25, 0.3) is 32.6 Å². The van der Waals surface area contributed by atoms with Crippen molar-refractivity contribution in [3.8, 4) is 22.3 Å². The van der Waals surface area contributed by atoms with Gasteiger partial charge in [0.15, 0.2) is 0 Å². The summed E-state index contributed by atoms with van der Waals surface area (Å²) in [5, 5.41) is 4.37. The van der Waals surface area contributed by atoms with Gasteiger partial charge in [0.05, 0.1) is 18.3 Å². The minimum atomic E-state index is -0.558. The van der Waals surface area contributed by atoms with Gasteiger partial charge < -0.3 is 14.5 Å². The largest absolute Gasteiger partial charge is 0.444 e. The molecule has 1 aliphatic heterocycles. The van der Waals surface area contributed by atoms with Crippen LogP contribution in [0.2, 0.25) is 0 Å². The third-order valence-electron chi connectivity index (χ3n) is 6.25. The summed E-state index contributed by atoms with van der Waals surface area (Å²) in [7, 11) is 0. The van der Waals surface area contributed by atoms with E-state index in [1.54, 1.807) is 15.5 Å². The molecule has 1 fully saturated rings. The molecule has 0 bridgehead atoms. The number of carbonyl (C=O) groups is 1. The Morgan fingerprint density at radius 3 is 2.32 bits per heavy atom. The Morgan fingerprint density at radius 2 is 1.70 bits per heavy atom. The minimum Gasteiger partial charge on any atom is -0.444 e. The van der Waals surface area contributed by atoms with E-state index >= 15 is 0 Å². The van der Waals surface area contributed by atoms with Crippen molar-refractivity contribution in [2.75, 3.05) is 31.1 Å². The first-order valence-corrected chi connectivity index (χ1v) is 12.1. The summed E-state index contributed by atoms with van der Waals surface area (Å²) in [6, 6.07) is 13.2. The first-order chi connectivity index (χ1) is 17.7. The summed E-state index contributed by atoms with van der Waals surface area (Å²) >= 11 is 0. The van der Waals surface area contributed by atoms with E-state index in [1.807, 2.05) is 45.2 Å². The molecule has 1 amide bonds. The van der Waals surface area contributed by atoms with Crippen molar-refractivity contribution in [3.63, 3.8) is 0 Å². The number of hydrogen-bond acceptors (Lipinski definition) is 5. The highest BCUT2D eigenvalue weighted by atomic mass is 19.1. The van der Waals surface area contributed by atoms with Gasteiger partial charge >= 0.3 is 6.09 Å². The molecule has 5 rings (SSSR count). The third-order valence-corrected chi connectivity index (χ3v) is 6.25. The summed E-state index contributed by atoms with van der Waals surface area (Å²) in [4.78, 5) is 23.7. The van der Waals surface area contributed by atoms with Gasteiger partial charge in [0.25, 0.3) is 0 Å². The molecule has 0 N–H and O–H groups in total. The number of anilines is 1. The highest BCUT2D eigenvalue weighted by molar-refractivity contribution is 5.92. The fourth-order valence-electron chi connectivity index (χ4n) is 4.44. The van der Waals surface area contributed by atoms with E-state index in [4.69, 9.17) is 11.3 Å². The summed E-state index contributed by atoms with van der Waals surface area (Å²) in [6.45, 7) is 15.8. The van der Waals surface area contributed by atoms with E-state index in [0.717, 1.165) is 35.5 Å². The van der Waals surface area contributed by atoms with E-state index in [-0.39, 0.29) is 6.09 Å². The second kappa shape index (κ2) is 9.54. The zero-order valence-electron chi connectivity index (χ0n) is 21.0. The fraction of sp³-hybridized carbons (Fsp3) is 0.286. The maximum absolute atomic E-state index is 13.5. The van der Waals surface area contributed by atoms with Crippen molar-refractivity contribution in [1.29, 1.82) is 0 Å². The first kappa shape index (κ1) is 24.3. The Hall–Kier alpha value is -4.45. The maximum Gasteiger partial charge on any atom is 0.410 e. The average Bonchev–Trinajstić information content (AvgIpc) is 3.31. The average molecular weight is 499 g/mol. The molecule has 1 aromatic carbocycles. The number of benzene rings is 1. The van der Waals surface area contributed by atoms with Gasteiger partial charge in [-0.05, 0) is 62.2 Å². The summed E-state index contributed by atoms with van der Waals surface area (Å²) < 4.78 is 20.6. The lowest BCUT2D eigenvalue weighted by atomic mass is 10.0. The normalized spacial score (nSPS) is 14.0. The molecule has 37 heavy (non-hydrogen) atoms. The number of ether oxygens (including phenoxy) is 1. The van der Waals surface area contributed by atoms with Gasteiger partial charge in [-0.2, -0.15) is 9.49 Å². The lowest BCUT2D eigenvalue weighted by molar-refractivity contribution is 0.0240. The van der Waals surface area contributed by atoms with Crippen LogP contribution in [-0.4, -0.2) is 57.4 Å². The van der Waals surface area contributed by atoms with Crippen LogP contribution in [0.1, 0.15) is 20.8 Å². The van der Waals surface area contributed by atoms with Crippen molar-refractivity contribution in [3.05, 3.63) is 78.4 Å². The molecule has 8 nitrogen and oxygen atoms in total. The molecule has 1 saturated heterocycles. The van der Waals surface area contributed by atoms with Gasteiger partial charge in [0, 0.05) is 55.4 Å². The van der Waals surface area contributed by atoms with Crippen molar-refractivity contribution in [1.82, 2.24) is 19.5 Å². The van der Waals surface area contributed by atoms with Crippen LogP contribution in [-0.2, 0) is 4.74 Å². The van der Waals surface area contributed by atoms with Gasteiger partial charge in [-0.1, -0.05) is 12.1 Å². The number of rotatable bonds is 3. The predicted octanol–water partition coefficient (Wildman–Crippen LogP) is 5.81. The van der Waals surface area contributed by atoms with Crippen molar-refractivity contribution < 1.29 is 13.9 Å². The van der Waals surface area contributed by atoms with Gasteiger partial charge in [-0.15, -0.1) is 0 Å². The quantitative estimate of drug-likeness (QED) is 0.263. The van der Waals surface area contributed by atoms with E-state index in [9.17, 15) is 9.18 Å². The molecule has 0 radical (unpaired) electrons. The molecule has 0 aliphatic carbocycles. The van der Waals surface area contributed by atoms with E-state index in [0.29, 0.717) is 29.9 Å². The third kappa shape index (κ3) is 5.09. The molecular weight excluding hydrogens is 471 g/mol. The number of nitrogens with zero attached hydrogens (tertiary/aromatic N) is 6. The van der Waals surface area contributed by atoms with E-state index < -0.39 is 11.5 Å². The van der Waals surface area contributed by atoms with Gasteiger partial charge in [0.2, 0.25) is 11.6 Å². The van der Waals surface area contributed by atoms with Crippen LogP contribution in [0.15, 0.2) is 61.1 Å². The maximum atomic E-state index is 13.5. The lowest BCUT2D eigenvalue weighted by Gasteiger charge is -2.36. The number of halogens is 1. The molecule has 0 atom stereocenters. The molecule has 0 unspecified atom stereocenters. The minimum absolute atomic E-state index is 0.273. The smallest absolute Gasteiger partial charge is 0.410 e. The van der Waals surface area contributed by atoms with Crippen LogP contribution in [0, 0.1) is 12.5 Å². The Bertz CT molecular complexity index is 1470. The standard InChI is InChI=1S/C28H27FN6O2/c1-28(2,3)37-27(36)34-13-11-33(12-14-34)22-8-5-19(6-9-22)21-15-23(20-7-10-25(29)31-16-20)26-24(30-4)17-32-35(26)18-21/h5-10,15-18H,11-14H2,1-3H3. The molecule has 188 valence electrons. The molecule has 1 aliphatic rings.